The second-order valence-electron chi connectivity index (χ2n) is 3.35. The Hall–Kier alpha value is -1.58. The van der Waals surface area contributed by atoms with E-state index in [9.17, 15) is 4.79 Å². The maximum atomic E-state index is 11.7. The molecule has 1 rings (SSSR count). The van der Waals surface area contributed by atoms with E-state index in [-0.39, 0.29) is 11.9 Å². The summed E-state index contributed by atoms with van der Waals surface area (Å²) in [5.41, 5.74) is 0.384. The summed E-state index contributed by atoms with van der Waals surface area (Å²) >= 11 is 0. The van der Waals surface area contributed by atoms with Crippen LogP contribution in [0, 0.1) is 0 Å². The molecule has 0 saturated heterocycles. The highest BCUT2D eigenvalue weighted by Gasteiger charge is 2.10. The van der Waals surface area contributed by atoms with Gasteiger partial charge in [-0.3, -0.25) is 4.79 Å². The quantitative estimate of drug-likeness (QED) is 0.818. The van der Waals surface area contributed by atoms with Crippen LogP contribution in [-0.4, -0.2) is 24.0 Å². The number of aromatic nitrogens is 1. The highest BCUT2D eigenvalue weighted by molar-refractivity contribution is 5.92. The summed E-state index contributed by atoms with van der Waals surface area (Å²) in [6.07, 6.45) is 0.899. The molecule has 1 N–H and O–H groups in total. The number of carbonyl (C=O) groups excluding carboxylic acids is 1. The number of amides is 1. The summed E-state index contributed by atoms with van der Waals surface area (Å²) in [7, 11) is 1.53. The summed E-state index contributed by atoms with van der Waals surface area (Å²) in [6, 6.07) is 5.28. The lowest BCUT2D eigenvalue weighted by Crippen LogP contribution is -2.32. The molecular formula is C11H16N2O2. The van der Waals surface area contributed by atoms with Crippen molar-refractivity contribution < 1.29 is 9.53 Å². The second kappa shape index (κ2) is 5.34. The number of pyridine rings is 1. The molecular weight excluding hydrogens is 192 g/mol. The average molecular weight is 208 g/mol. The molecule has 0 aliphatic carbocycles. The number of nitrogens with one attached hydrogen (secondary N) is 1. The molecule has 0 aromatic carbocycles. The fourth-order valence-corrected chi connectivity index (χ4v) is 1.05. The number of methoxy groups -OCH3 is 1. The minimum Gasteiger partial charge on any atom is -0.481 e. The Morgan fingerprint density at radius 1 is 1.60 bits per heavy atom. The van der Waals surface area contributed by atoms with E-state index < -0.39 is 0 Å². The van der Waals surface area contributed by atoms with Crippen molar-refractivity contribution in [3.8, 4) is 5.88 Å². The summed E-state index contributed by atoms with van der Waals surface area (Å²) in [4.78, 5) is 15.7. The van der Waals surface area contributed by atoms with E-state index in [4.69, 9.17) is 4.74 Å². The summed E-state index contributed by atoms with van der Waals surface area (Å²) in [5, 5.41) is 2.84. The van der Waals surface area contributed by atoms with Crippen molar-refractivity contribution in [2.75, 3.05) is 7.11 Å². The fraction of sp³-hybridized carbons (Fsp3) is 0.455. The number of ether oxygens (including phenoxy) is 1. The molecule has 0 aliphatic rings. The largest absolute Gasteiger partial charge is 0.481 e. The van der Waals surface area contributed by atoms with E-state index in [1.54, 1.807) is 18.2 Å². The number of hydrogen-bond acceptors (Lipinski definition) is 3. The smallest absolute Gasteiger partial charge is 0.270 e. The molecule has 0 saturated carbocycles. The van der Waals surface area contributed by atoms with Crippen LogP contribution in [0.5, 0.6) is 5.88 Å². The molecule has 15 heavy (non-hydrogen) atoms. The van der Waals surface area contributed by atoms with Crippen LogP contribution >= 0.6 is 0 Å². The van der Waals surface area contributed by atoms with Gasteiger partial charge in [0.15, 0.2) is 0 Å². The predicted molar refractivity (Wildman–Crippen MR) is 58.0 cm³/mol. The van der Waals surface area contributed by atoms with Crippen molar-refractivity contribution in [1.29, 1.82) is 0 Å². The zero-order chi connectivity index (χ0) is 11.3. The first-order valence-electron chi connectivity index (χ1n) is 4.99. The monoisotopic (exact) mass is 208 g/mol. The third-order valence-corrected chi connectivity index (χ3v) is 2.16. The molecule has 0 radical (unpaired) electrons. The lowest BCUT2D eigenvalue weighted by Gasteiger charge is -2.10. The molecule has 0 aliphatic heterocycles. The molecule has 1 aromatic rings. The Balaban J connectivity index is 2.73. The first-order valence-corrected chi connectivity index (χ1v) is 4.99. The molecule has 1 aromatic heterocycles. The van der Waals surface area contributed by atoms with E-state index in [2.05, 4.69) is 10.3 Å². The van der Waals surface area contributed by atoms with Gasteiger partial charge >= 0.3 is 0 Å². The van der Waals surface area contributed by atoms with Crippen LogP contribution in [0.1, 0.15) is 30.8 Å². The van der Waals surface area contributed by atoms with Gasteiger partial charge in [0.2, 0.25) is 5.88 Å². The molecule has 0 spiro atoms. The van der Waals surface area contributed by atoms with Crippen molar-refractivity contribution in [2.45, 2.75) is 26.3 Å². The highest BCUT2D eigenvalue weighted by Crippen LogP contribution is 2.06. The summed E-state index contributed by atoms with van der Waals surface area (Å²) in [6.45, 7) is 3.97. The predicted octanol–water partition coefficient (Wildman–Crippen LogP) is 1.62. The third-order valence-electron chi connectivity index (χ3n) is 2.16. The Bertz CT molecular complexity index is 339. The minimum absolute atomic E-state index is 0.158. The Morgan fingerprint density at radius 2 is 2.33 bits per heavy atom. The highest BCUT2D eigenvalue weighted by atomic mass is 16.5. The number of hydrogen-bond donors (Lipinski definition) is 1. The van der Waals surface area contributed by atoms with Gasteiger partial charge in [0.25, 0.3) is 5.91 Å². The van der Waals surface area contributed by atoms with E-state index in [1.807, 2.05) is 13.8 Å². The Morgan fingerprint density at radius 3 is 2.93 bits per heavy atom. The van der Waals surface area contributed by atoms with E-state index in [0.717, 1.165) is 6.42 Å². The van der Waals surface area contributed by atoms with Gasteiger partial charge in [-0.05, 0) is 19.4 Å². The summed E-state index contributed by atoms with van der Waals surface area (Å²) < 4.78 is 4.95. The molecule has 1 heterocycles. The van der Waals surface area contributed by atoms with Gasteiger partial charge in [-0.25, -0.2) is 4.98 Å². The first-order chi connectivity index (χ1) is 7.17. The van der Waals surface area contributed by atoms with Crippen molar-refractivity contribution in [3.63, 3.8) is 0 Å². The zero-order valence-corrected chi connectivity index (χ0v) is 9.28. The molecule has 4 nitrogen and oxygen atoms in total. The SMILES string of the molecule is CCC(C)NC(=O)c1cccc(OC)n1. The molecule has 1 amide bonds. The van der Waals surface area contributed by atoms with Gasteiger partial charge in [0.1, 0.15) is 5.69 Å². The van der Waals surface area contributed by atoms with Crippen LogP contribution < -0.4 is 10.1 Å². The molecule has 1 atom stereocenters. The molecule has 0 fully saturated rings. The van der Waals surface area contributed by atoms with E-state index in [1.165, 1.54) is 7.11 Å². The summed E-state index contributed by atoms with van der Waals surface area (Å²) in [5.74, 6) is 0.287. The van der Waals surface area contributed by atoms with Crippen LogP contribution in [0.2, 0.25) is 0 Å². The van der Waals surface area contributed by atoms with Crippen molar-refractivity contribution >= 4 is 5.91 Å². The molecule has 0 bridgehead atoms. The van der Waals surface area contributed by atoms with Crippen molar-refractivity contribution in [3.05, 3.63) is 23.9 Å². The molecule has 82 valence electrons. The van der Waals surface area contributed by atoms with Gasteiger partial charge in [0, 0.05) is 12.1 Å². The van der Waals surface area contributed by atoms with E-state index >= 15 is 0 Å². The Kier molecular flexibility index (Phi) is 4.09. The second-order valence-corrected chi connectivity index (χ2v) is 3.35. The lowest BCUT2D eigenvalue weighted by atomic mass is 10.2. The number of carbonyl (C=O) groups is 1. The van der Waals surface area contributed by atoms with Crippen LogP contribution in [0.4, 0.5) is 0 Å². The average Bonchev–Trinajstić information content (AvgIpc) is 2.28. The van der Waals surface area contributed by atoms with Crippen molar-refractivity contribution in [2.24, 2.45) is 0 Å². The van der Waals surface area contributed by atoms with Gasteiger partial charge in [0.05, 0.1) is 7.11 Å². The number of nitrogens with zero attached hydrogens (tertiary/aromatic N) is 1. The van der Waals surface area contributed by atoms with E-state index in [0.29, 0.717) is 11.6 Å². The van der Waals surface area contributed by atoms with Gasteiger partial charge in [-0.1, -0.05) is 13.0 Å². The maximum absolute atomic E-state index is 11.7. The minimum atomic E-state index is -0.164. The fourth-order valence-electron chi connectivity index (χ4n) is 1.05. The Labute approximate surface area is 89.7 Å². The van der Waals surface area contributed by atoms with Gasteiger partial charge < -0.3 is 10.1 Å². The van der Waals surface area contributed by atoms with Crippen molar-refractivity contribution in [1.82, 2.24) is 10.3 Å². The topological polar surface area (TPSA) is 51.2 Å². The third kappa shape index (κ3) is 3.23. The standard InChI is InChI=1S/C11H16N2O2/c1-4-8(2)12-11(14)9-6-5-7-10(13-9)15-3/h5-8H,4H2,1-3H3,(H,12,14). The van der Waals surface area contributed by atoms with Gasteiger partial charge in [-0.2, -0.15) is 0 Å². The first kappa shape index (κ1) is 11.5. The maximum Gasteiger partial charge on any atom is 0.270 e. The normalized spacial score (nSPS) is 11.9. The number of rotatable bonds is 4. The molecule has 1 unspecified atom stereocenters. The van der Waals surface area contributed by atoms with Crippen LogP contribution in [0.25, 0.3) is 0 Å². The van der Waals surface area contributed by atoms with Gasteiger partial charge in [-0.15, -0.1) is 0 Å². The lowest BCUT2D eigenvalue weighted by molar-refractivity contribution is 0.0933. The zero-order valence-electron chi connectivity index (χ0n) is 9.28. The molecule has 4 heteroatoms. The van der Waals surface area contributed by atoms with Crippen LogP contribution in [0.3, 0.4) is 0 Å². The van der Waals surface area contributed by atoms with Crippen LogP contribution in [-0.2, 0) is 0 Å². The van der Waals surface area contributed by atoms with Crippen LogP contribution in [0.15, 0.2) is 18.2 Å².